The SMILES string of the molecule is C=C1CC[C@H]2C(C)(C)CCC[C@]2(C)[C@H]1CC(=O)N(C)OC.CC1(C)CCC[C@@]2(C)[C@H]1CCC1(CC1)[C@@H]2C/C=C1\C(=O)OCC1O.CC1(C)CCC[C@@]2(C)[C@H]1CCC1(CC1)[C@@H]2CC=C1CCOC1=O.CC1(C)CCC[C@@]2(C)[C@H]1CCC1(CC1)[C@@H]2CC=O.CC1(C)CCC[C@]2(C)[C@H]3CC(=O)O[C@]3(C)CC[C@@H]12.CON(C)C(=O)C[C@@H]1[C@@]2(C)CCCC(C)(C)[C@@H]2CC[C@@]1(C)O.CON(C)C(=O)C[C@H]1C2(CC[C@H]3C(C)(C)CCC[C@@]31C)CC2. The Bertz CT molecular complexity index is 4710. The third kappa shape index (κ3) is 22.4. The normalized spacial score (nSPS) is 42.1. The zero-order valence-corrected chi connectivity index (χ0v) is 99.6. The molecular formula is C130H215N3O15. The van der Waals surface area contributed by atoms with E-state index < -0.39 is 11.7 Å². The van der Waals surface area contributed by atoms with Crippen LogP contribution < -0.4 is 0 Å². The highest BCUT2D eigenvalue weighted by molar-refractivity contribution is 5.91. The van der Waals surface area contributed by atoms with E-state index in [9.17, 15) is 43.8 Å². The third-order valence-electron chi connectivity index (χ3n) is 50.4. The van der Waals surface area contributed by atoms with Crippen LogP contribution in [0, 0.1) is 180 Å². The molecule has 4 spiro atoms. The molecule has 2 N–H and O–H groups in total. The summed E-state index contributed by atoms with van der Waals surface area (Å²) in [5.41, 5.74) is 9.05. The largest absolute Gasteiger partial charge is 0.462 e. The van der Waals surface area contributed by atoms with E-state index in [1.165, 1.54) is 278 Å². The van der Waals surface area contributed by atoms with Gasteiger partial charge in [-0.2, -0.15) is 0 Å². The number of esters is 3. The molecule has 1 unspecified atom stereocenters. The van der Waals surface area contributed by atoms with Crippen molar-refractivity contribution in [2.24, 2.45) is 180 Å². The van der Waals surface area contributed by atoms with E-state index in [0.29, 0.717) is 161 Å². The lowest BCUT2D eigenvalue weighted by Gasteiger charge is -2.61. The molecule has 0 aromatic heterocycles. The van der Waals surface area contributed by atoms with E-state index in [1.54, 1.807) is 35.4 Å². The van der Waals surface area contributed by atoms with Crippen LogP contribution >= 0.6 is 0 Å². The van der Waals surface area contributed by atoms with Crippen molar-refractivity contribution in [3.8, 4) is 0 Å². The van der Waals surface area contributed by atoms with Crippen molar-refractivity contribution in [2.75, 3.05) is 55.7 Å². The molecule has 21 fully saturated rings. The van der Waals surface area contributed by atoms with E-state index in [-0.39, 0.29) is 70.0 Å². The molecule has 0 aromatic carbocycles. The van der Waals surface area contributed by atoms with Gasteiger partial charge in [0.1, 0.15) is 24.6 Å². The Morgan fingerprint density at radius 2 is 0.676 bits per heavy atom. The summed E-state index contributed by atoms with van der Waals surface area (Å²) in [5.74, 6) is 8.48. The number of hydroxylamine groups is 6. The fourth-order valence-electron chi connectivity index (χ4n) is 42.0. The number of fused-ring (bicyclic) bond motifs is 9. The molecule has 18 nitrogen and oxygen atoms in total. The highest BCUT2D eigenvalue weighted by Gasteiger charge is 2.71. The second-order valence-corrected chi connectivity index (χ2v) is 61.5. The first kappa shape index (κ1) is 117. The molecule has 148 heavy (non-hydrogen) atoms. The Hall–Kier alpha value is -4.49. The van der Waals surface area contributed by atoms with Crippen molar-refractivity contribution in [3.63, 3.8) is 0 Å². The smallest absolute Gasteiger partial charge is 0.336 e. The van der Waals surface area contributed by atoms with Gasteiger partial charge in [-0.3, -0.25) is 33.7 Å². The maximum atomic E-state index is 12.5. The molecule has 18 heteroatoms. The number of rotatable bonds is 15. The topological polar surface area (TPSA) is 225 Å². The van der Waals surface area contributed by atoms with Crippen molar-refractivity contribution in [3.05, 3.63) is 35.5 Å². The number of hydrogen-bond donors (Lipinski definition) is 2. The minimum Gasteiger partial charge on any atom is -0.462 e. The minimum absolute atomic E-state index is 0.0107. The third-order valence-corrected chi connectivity index (χ3v) is 50.4. The Kier molecular flexibility index (Phi) is 33.9. The molecule has 840 valence electrons. The zero-order valence-electron chi connectivity index (χ0n) is 99.6. The Morgan fingerprint density at radius 1 is 0.358 bits per heavy atom. The van der Waals surface area contributed by atoms with Crippen LogP contribution in [0.2, 0.25) is 0 Å². The van der Waals surface area contributed by atoms with Gasteiger partial charge >= 0.3 is 17.9 Å². The van der Waals surface area contributed by atoms with Crippen LogP contribution in [-0.4, -0.2) is 140 Å². The number of nitrogens with zero attached hydrogens (tertiary/aromatic N) is 3. The average molecular weight is 2060 g/mol. The summed E-state index contributed by atoms with van der Waals surface area (Å²) in [6, 6.07) is 0. The molecule has 18 saturated carbocycles. The number of aliphatic hydroxyl groups is 2. The first-order valence-corrected chi connectivity index (χ1v) is 60.8. The highest BCUT2D eigenvalue weighted by atomic mass is 16.7. The van der Waals surface area contributed by atoms with Crippen molar-refractivity contribution < 1.29 is 72.5 Å². The predicted molar refractivity (Wildman–Crippen MR) is 591 cm³/mol. The number of carbonyl (C=O) groups is 7. The first-order valence-electron chi connectivity index (χ1n) is 60.8. The maximum Gasteiger partial charge on any atom is 0.336 e. The van der Waals surface area contributed by atoms with Crippen molar-refractivity contribution in [1.29, 1.82) is 0 Å². The van der Waals surface area contributed by atoms with Gasteiger partial charge < -0.3 is 29.2 Å². The fraction of sp³-hybridized carbons (Fsp3) is 0.900. The summed E-state index contributed by atoms with van der Waals surface area (Å²) in [6.45, 7) is 60.6. The second kappa shape index (κ2) is 42.7. The summed E-state index contributed by atoms with van der Waals surface area (Å²) in [5, 5.41) is 25.1. The number of aldehydes is 1. The predicted octanol–water partition coefficient (Wildman–Crippen LogP) is 30.1. The number of aliphatic hydroxyl groups excluding tert-OH is 1. The molecule has 3 heterocycles. The van der Waals surface area contributed by atoms with Crippen LogP contribution in [0.1, 0.15) is 487 Å². The number of cyclic esters (lactones) is 2. The average Bonchev–Trinajstić information content (AvgIpc) is 1.55. The lowest BCUT2D eigenvalue weighted by Crippen LogP contribution is -2.58. The molecule has 24 atom stereocenters. The molecule has 0 bridgehead atoms. The Balaban J connectivity index is 0.000000130. The van der Waals surface area contributed by atoms with Crippen molar-refractivity contribution in [1.82, 2.24) is 15.2 Å². The summed E-state index contributed by atoms with van der Waals surface area (Å²) in [6.07, 6.45) is 66.7. The van der Waals surface area contributed by atoms with Gasteiger partial charge in [-0.05, 0) is 426 Å². The standard InChI is InChI=1S/C21H32O3.C21H32O2.C19H33NO2.C18H33NO3.C18H31NO2.C17H28O.C16H26O2/c1-19(2)8-4-9-20(3)16(19)7-10-21(11-12-21)17(20)6-5-14-15(22)13-24-18(14)23;1-19(2)9-4-10-20(3)16(19)7-11-21(12-13-21)17(20)6-5-15-8-14-23-18(15)22;1-17(2)8-6-9-18(3)14(17)7-10-19(11-12-19)15(18)13-16(21)20(4)22-5;1-16(2)9-7-10-17(3)13(16)8-11-18(4,21)14(17)12-15(20)19(5)22-6;1-13-8-9-15-17(2,3)10-7-11-18(15,4)14(13)12-16(20)19(5)21-6;1-15(2)7-4-8-16(3)13(15)5-9-17(10-11-17)14(16)6-12-18;1-14(2)7-5-8-15(3)11(14)6-9-16(4)12(15)10-13(17)18-16/h5,15-17,22H,4,6-13H2,1-3H3;5,16-17H,4,6-14H2,1-3H3;14-15H,6-13H2,1-5H3;13-14,21H,7-12H2,1-6H3;14-15H,1,7-12H2,2-6H3;12-14H,4-11H2,1-3H3;11-12H,5-10H2,1-4H3/b14-5-;;;;;;/t15?,16-,17+,20-;16-,17+,20-;14-,15+,18-;13-,14+,17-,18+;14-,15-,18+;13-,14+,16-;11-,12+,15-,16+/m0000000/s1. The van der Waals surface area contributed by atoms with Gasteiger partial charge in [-0.25, -0.2) is 24.8 Å². The van der Waals surface area contributed by atoms with Gasteiger partial charge in [-0.15, -0.1) is 0 Å². The quantitative estimate of drug-likeness (QED) is 0.0388. The van der Waals surface area contributed by atoms with Crippen molar-refractivity contribution in [2.45, 2.75) is 504 Å². The second-order valence-electron chi connectivity index (χ2n) is 61.5. The number of allylic oxidation sites excluding steroid dienone is 3. The molecule has 21 rings (SSSR count). The van der Waals surface area contributed by atoms with Gasteiger partial charge in [0, 0.05) is 70.7 Å². The number of hydrogen-bond acceptors (Lipinski definition) is 15. The van der Waals surface area contributed by atoms with Gasteiger partial charge in [0.25, 0.3) is 0 Å². The molecule has 0 radical (unpaired) electrons. The van der Waals surface area contributed by atoms with Crippen molar-refractivity contribution >= 4 is 41.9 Å². The lowest BCUT2D eigenvalue weighted by molar-refractivity contribution is -0.191. The summed E-state index contributed by atoms with van der Waals surface area (Å²) >= 11 is 0. The van der Waals surface area contributed by atoms with E-state index >= 15 is 0 Å². The van der Waals surface area contributed by atoms with Crippen LogP contribution in [0.15, 0.2) is 35.5 Å². The van der Waals surface area contributed by atoms with Gasteiger partial charge in [-0.1, -0.05) is 215 Å². The van der Waals surface area contributed by atoms with E-state index in [2.05, 4.69) is 165 Å². The van der Waals surface area contributed by atoms with E-state index in [4.69, 9.17) is 28.7 Å². The summed E-state index contributed by atoms with van der Waals surface area (Å²) < 4.78 is 15.8. The van der Waals surface area contributed by atoms with Crippen LogP contribution in [0.25, 0.3) is 0 Å². The summed E-state index contributed by atoms with van der Waals surface area (Å²) in [7, 11) is 9.71. The van der Waals surface area contributed by atoms with Crippen LogP contribution in [-0.2, 0) is 62.3 Å². The molecule has 21 aliphatic rings. The molecule has 0 aromatic rings. The Labute approximate surface area is 899 Å². The van der Waals surface area contributed by atoms with Crippen LogP contribution in [0.3, 0.4) is 0 Å². The monoisotopic (exact) mass is 2060 g/mol. The van der Waals surface area contributed by atoms with Crippen LogP contribution in [0.4, 0.5) is 0 Å². The summed E-state index contributed by atoms with van der Waals surface area (Å²) in [4.78, 5) is 99.1. The van der Waals surface area contributed by atoms with E-state index in [0.717, 1.165) is 98.9 Å². The van der Waals surface area contributed by atoms with Gasteiger partial charge in [0.05, 0.1) is 45.5 Å². The molecule has 18 aliphatic carbocycles. The van der Waals surface area contributed by atoms with Gasteiger partial charge in [0.15, 0.2) is 0 Å². The molecule has 3 saturated heterocycles. The number of amides is 3. The first-order chi connectivity index (χ1) is 68.9. The fourth-order valence-corrected chi connectivity index (χ4v) is 42.0. The Morgan fingerprint density at radius 3 is 1.03 bits per heavy atom. The molecule has 3 amide bonds. The lowest BCUT2D eigenvalue weighted by atomic mass is 9.45. The van der Waals surface area contributed by atoms with Gasteiger partial charge in [0.2, 0.25) is 17.7 Å². The molecule has 3 aliphatic heterocycles. The molecular weight excluding hydrogens is 1840 g/mol. The van der Waals surface area contributed by atoms with E-state index in [1.807, 2.05) is 13.0 Å². The maximum absolute atomic E-state index is 12.5. The number of carbonyl (C=O) groups excluding carboxylic acids is 7. The zero-order chi connectivity index (χ0) is 108. The minimum atomic E-state index is -0.775. The highest BCUT2D eigenvalue weighted by Crippen LogP contribution is 2.78. The van der Waals surface area contributed by atoms with Crippen LogP contribution in [0.5, 0.6) is 0 Å². The number of ether oxygens (including phenoxy) is 3.